The third-order valence-corrected chi connectivity index (χ3v) is 6.66. The van der Waals surface area contributed by atoms with E-state index in [9.17, 15) is 9.59 Å². The monoisotopic (exact) mass is 453 g/mol. The van der Waals surface area contributed by atoms with Gasteiger partial charge in [-0.05, 0) is 41.8 Å². The number of hydrogen-bond acceptors (Lipinski definition) is 7. The first-order valence-corrected chi connectivity index (χ1v) is 10.9. The molecule has 5 rings (SSSR count). The molecule has 1 fully saturated rings. The van der Waals surface area contributed by atoms with Crippen molar-refractivity contribution in [1.82, 2.24) is 14.1 Å². The van der Waals surface area contributed by atoms with Crippen LogP contribution >= 0.6 is 11.3 Å². The Morgan fingerprint density at radius 2 is 2.12 bits per heavy atom. The molecule has 10 heteroatoms. The lowest BCUT2D eigenvalue weighted by Crippen LogP contribution is -2.44. The minimum Gasteiger partial charge on any atom is -0.494 e. The number of fused-ring (bicyclic) bond motifs is 1. The number of hydrogen-bond donors (Lipinski definition) is 2. The van der Waals surface area contributed by atoms with Gasteiger partial charge in [-0.3, -0.25) is 14.2 Å². The van der Waals surface area contributed by atoms with Crippen molar-refractivity contribution >= 4 is 16.9 Å². The van der Waals surface area contributed by atoms with Crippen molar-refractivity contribution in [3.05, 3.63) is 73.9 Å². The van der Waals surface area contributed by atoms with Gasteiger partial charge in [-0.25, -0.2) is 9.18 Å². The van der Waals surface area contributed by atoms with Gasteiger partial charge in [0.05, 0.1) is 30.1 Å². The van der Waals surface area contributed by atoms with E-state index in [0.717, 1.165) is 40.3 Å². The maximum atomic E-state index is 15.4. The molecule has 1 saturated carbocycles. The van der Waals surface area contributed by atoms with Gasteiger partial charge in [-0.1, -0.05) is 6.07 Å². The van der Waals surface area contributed by atoms with E-state index in [1.165, 1.54) is 18.4 Å². The number of nitrogens with zero attached hydrogens (tertiary/aromatic N) is 3. The Hall–Kier alpha value is -3.50. The van der Waals surface area contributed by atoms with E-state index in [4.69, 9.17) is 16.3 Å². The molecule has 0 radical (unpaired) electrons. The Morgan fingerprint density at radius 1 is 1.34 bits per heavy atom. The third-order valence-electron chi connectivity index (χ3n) is 5.71. The molecule has 0 aromatic carbocycles. The van der Waals surface area contributed by atoms with Gasteiger partial charge < -0.3 is 16.3 Å². The average Bonchev–Trinajstić information content (AvgIpc) is 3.53. The van der Waals surface area contributed by atoms with Crippen molar-refractivity contribution in [3.63, 3.8) is 0 Å². The molecular formula is C22H20FN5O3S. The normalized spacial score (nSPS) is 13.6. The smallest absolute Gasteiger partial charge is 0.354 e. The van der Waals surface area contributed by atoms with Crippen molar-refractivity contribution in [2.45, 2.75) is 25.3 Å². The molecule has 4 heterocycles. The van der Waals surface area contributed by atoms with Crippen LogP contribution in [0.15, 0.2) is 45.6 Å². The summed E-state index contributed by atoms with van der Waals surface area (Å²) in [6, 6.07) is 5.55. The number of ether oxygens (including phenoxy) is 1. The summed E-state index contributed by atoms with van der Waals surface area (Å²) in [7, 11) is 1.40. The largest absolute Gasteiger partial charge is 0.494 e. The standard InChI is InChI=1S/C22H20FN5O3S/c1-31-20-18(16-7-12(10-32-16)13-3-2-6-26-15(13)8-24)14(23)9-27-19(20)17(11-4-5-11)21(29)28(25)22(27)30/h2-3,6-7,9-11H,4-5,8,24-25H2,1H3. The van der Waals surface area contributed by atoms with Gasteiger partial charge in [0, 0.05) is 23.2 Å². The van der Waals surface area contributed by atoms with Gasteiger partial charge in [0.25, 0.3) is 5.56 Å². The van der Waals surface area contributed by atoms with Crippen molar-refractivity contribution in [2.75, 3.05) is 13.0 Å². The Balaban J connectivity index is 1.80. The molecule has 0 amide bonds. The lowest BCUT2D eigenvalue weighted by molar-refractivity contribution is 0.415. The number of aromatic nitrogens is 3. The molecule has 0 aliphatic heterocycles. The predicted molar refractivity (Wildman–Crippen MR) is 121 cm³/mol. The summed E-state index contributed by atoms with van der Waals surface area (Å²) in [4.78, 5) is 30.3. The van der Waals surface area contributed by atoms with E-state index in [0.29, 0.717) is 15.1 Å². The van der Waals surface area contributed by atoms with Gasteiger partial charge in [0.1, 0.15) is 5.52 Å². The molecule has 4 aromatic rings. The topological polar surface area (TPSA) is 118 Å². The van der Waals surface area contributed by atoms with Crippen LogP contribution < -0.4 is 27.6 Å². The van der Waals surface area contributed by atoms with E-state index in [1.54, 1.807) is 6.20 Å². The molecule has 1 aliphatic rings. The van der Waals surface area contributed by atoms with Gasteiger partial charge in [-0.15, -0.1) is 11.3 Å². The molecule has 4 N–H and O–H groups in total. The molecule has 0 atom stereocenters. The maximum absolute atomic E-state index is 15.4. The fraction of sp³-hybridized carbons (Fsp3) is 0.227. The van der Waals surface area contributed by atoms with Crippen LogP contribution in [0.5, 0.6) is 5.75 Å². The second-order valence-corrected chi connectivity index (χ2v) is 8.56. The molecule has 4 aromatic heterocycles. The van der Waals surface area contributed by atoms with E-state index in [2.05, 4.69) is 4.98 Å². The first-order chi connectivity index (χ1) is 15.5. The van der Waals surface area contributed by atoms with Crippen LogP contribution in [0.25, 0.3) is 27.1 Å². The van der Waals surface area contributed by atoms with Crippen molar-refractivity contribution in [2.24, 2.45) is 5.73 Å². The molecule has 32 heavy (non-hydrogen) atoms. The highest BCUT2D eigenvalue weighted by Crippen LogP contribution is 2.46. The molecule has 0 saturated heterocycles. The zero-order chi connectivity index (χ0) is 22.6. The summed E-state index contributed by atoms with van der Waals surface area (Å²) in [5.41, 5.74) is 7.68. The Bertz CT molecular complexity index is 1490. The summed E-state index contributed by atoms with van der Waals surface area (Å²) >= 11 is 1.33. The van der Waals surface area contributed by atoms with Crippen LogP contribution in [0.2, 0.25) is 0 Å². The number of pyridine rings is 2. The maximum Gasteiger partial charge on any atom is 0.354 e. The third kappa shape index (κ3) is 3.02. The molecule has 8 nitrogen and oxygen atoms in total. The molecule has 1 aliphatic carbocycles. The minimum absolute atomic E-state index is 0.0403. The van der Waals surface area contributed by atoms with Crippen LogP contribution in [0, 0.1) is 5.82 Å². The number of halogens is 1. The summed E-state index contributed by atoms with van der Waals surface area (Å²) < 4.78 is 22.6. The van der Waals surface area contributed by atoms with Crippen molar-refractivity contribution in [1.29, 1.82) is 0 Å². The number of rotatable bonds is 5. The quantitative estimate of drug-likeness (QED) is 0.448. The van der Waals surface area contributed by atoms with Crippen molar-refractivity contribution < 1.29 is 9.13 Å². The van der Waals surface area contributed by atoms with E-state index >= 15 is 4.39 Å². The number of methoxy groups -OCH3 is 1. The molecular weight excluding hydrogens is 433 g/mol. The molecule has 164 valence electrons. The van der Waals surface area contributed by atoms with Crippen LogP contribution in [0.3, 0.4) is 0 Å². The molecule has 0 spiro atoms. The minimum atomic E-state index is -0.826. The summed E-state index contributed by atoms with van der Waals surface area (Å²) in [5, 5.41) is 1.89. The lowest BCUT2D eigenvalue weighted by Gasteiger charge is -2.16. The first kappa shape index (κ1) is 20.4. The molecule has 0 bridgehead atoms. The van der Waals surface area contributed by atoms with E-state index in [-0.39, 0.29) is 29.3 Å². The fourth-order valence-corrected chi connectivity index (χ4v) is 5.01. The number of nitrogens with two attached hydrogens (primary N) is 2. The SMILES string of the molecule is COc1c(-c2cc(-c3cccnc3CN)cs2)c(F)cn2c(=O)n(N)c(=O)c(C3CC3)c12. The zero-order valence-corrected chi connectivity index (χ0v) is 18.0. The second-order valence-electron chi connectivity index (χ2n) is 7.65. The zero-order valence-electron chi connectivity index (χ0n) is 17.2. The Labute approximate surface area is 185 Å². The van der Waals surface area contributed by atoms with E-state index in [1.807, 2.05) is 23.6 Å². The van der Waals surface area contributed by atoms with Crippen LogP contribution in [0.1, 0.15) is 30.0 Å². The Kier molecular flexibility index (Phi) is 4.83. The van der Waals surface area contributed by atoms with Gasteiger partial charge in [0.15, 0.2) is 11.6 Å². The summed E-state index contributed by atoms with van der Waals surface area (Å²) in [6.07, 6.45) is 4.33. The van der Waals surface area contributed by atoms with Crippen LogP contribution in [-0.4, -0.2) is 21.2 Å². The number of thiophene rings is 1. The highest BCUT2D eigenvalue weighted by atomic mass is 32.1. The predicted octanol–water partition coefficient (Wildman–Crippen LogP) is 2.45. The Morgan fingerprint density at radius 3 is 2.81 bits per heavy atom. The van der Waals surface area contributed by atoms with E-state index < -0.39 is 17.1 Å². The fourth-order valence-electron chi connectivity index (χ4n) is 4.06. The van der Waals surface area contributed by atoms with Crippen LogP contribution in [0.4, 0.5) is 4.39 Å². The van der Waals surface area contributed by atoms with Gasteiger partial charge >= 0.3 is 5.69 Å². The summed E-state index contributed by atoms with van der Waals surface area (Å²) in [5.74, 6) is 5.14. The first-order valence-electron chi connectivity index (χ1n) is 10.0. The van der Waals surface area contributed by atoms with Gasteiger partial charge in [-0.2, -0.15) is 4.68 Å². The highest BCUT2D eigenvalue weighted by Gasteiger charge is 2.33. The van der Waals surface area contributed by atoms with Crippen LogP contribution in [-0.2, 0) is 6.54 Å². The van der Waals surface area contributed by atoms with Crippen molar-refractivity contribution in [3.8, 4) is 27.3 Å². The number of nitrogen functional groups attached to an aromatic ring is 1. The second kappa shape index (κ2) is 7.57. The van der Waals surface area contributed by atoms with Gasteiger partial charge in [0.2, 0.25) is 0 Å². The summed E-state index contributed by atoms with van der Waals surface area (Å²) in [6.45, 7) is 0.272. The highest BCUT2D eigenvalue weighted by molar-refractivity contribution is 7.14. The lowest BCUT2D eigenvalue weighted by atomic mass is 10.0. The average molecular weight is 453 g/mol. The molecule has 0 unspecified atom stereocenters.